The first-order chi connectivity index (χ1) is 9.17. The summed E-state index contributed by atoms with van der Waals surface area (Å²) >= 11 is 3.50. The van der Waals surface area contributed by atoms with Crippen LogP contribution in [0.3, 0.4) is 0 Å². The van der Waals surface area contributed by atoms with Crippen LogP contribution in [0, 0.1) is 6.92 Å². The Morgan fingerprint density at radius 2 is 1.89 bits per heavy atom. The number of ether oxygens (including phenoxy) is 1. The van der Waals surface area contributed by atoms with Gasteiger partial charge < -0.3 is 9.72 Å². The van der Waals surface area contributed by atoms with Crippen molar-refractivity contribution in [3.8, 4) is 17.1 Å². The molecule has 0 saturated heterocycles. The van der Waals surface area contributed by atoms with E-state index < -0.39 is 0 Å². The largest absolute Gasteiger partial charge is 0.497 e. The number of fused-ring (bicyclic) bond motifs is 1. The molecule has 0 fully saturated rings. The number of imidazole rings is 1. The number of nitrogens with one attached hydrogen (secondary N) is 1. The Morgan fingerprint density at radius 1 is 1.16 bits per heavy atom. The highest BCUT2D eigenvalue weighted by Crippen LogP contribution is 2.26. The zero-order chi connectivity index (χ0) is 13.4. The van der Waals surface area contributed by atoms with Crippen LogP contribution >= 0.6 is 15.9 Å². The van der Waals surface area contributed by atoms with Gasteiger partial charge in [0.1, 0.15) is 11.6 Å². The van der Waals surface area contributed by atoms with Crippen molar-refractivity contribution < 1.29 is 4.74 Å². The third kappa shape index (κ3) is 2.24. The molecule has 1 N–H and O–H groups in total. The second-order valence-electron chi connectivity index (χ2n) is 4.43. The molecule has 0 aliphatic carbocycles. The fourth-order valence-corrected chi connectivity index (χ4v) is 2.70. The number of methoxy groups -OCH3 is 1. The number of halogens is 1. The van der Waals surface area contributed by atoms with Gasteiger partial charge in [-0.05, 0) is 48.9 Å². The summed E-state index contributed by atoms with van der Waals surface area (Å²) in [5.74, 6) is 1.72. The minimum atomic E-state index is 0.846. The molecule has 0 bridgehead atoms. The van der Waals surface area contributed by atoms with Crippen molar-refractivity contribution in [3.63, 3.8) is 0 Å². The second kappa shape index (κ2) is 4.70. The number of rotatable bonds is 2. The molecule has 1 heterocycles. The molecule has 3 nitrogen and oxygen atoms in total. The van der Waals surface area contributed by atoms with Crippen LogP contribution in [-0.4, -0.2) is 17.1 Å². The van der Waals surface area contributed by atoms with Gasteiger partial charge in [-0.1, -0.05) is 15.9 Å². The first kappa shape index (κ1) is 12.2. The molecular formula is C15H13BrN2O. The summed E-state index contributed by atoms with van der Waals surface area (Å²) in [5, 5.41) is 0. The quantitative estimate of drug-likeness (QED) is 0.765. The maximum atomic E-state index is 5.16. The molecule has 0 spiro atoms. The summed E-state index contributed by atoms with van der Waals surface area (Å²) in [6, 6.07) is 12.0. The number of aryl methyl sites for hydroxylation is 1. The molecular weight excluding hydrogens is 304 g/mol. The minimum absolute atomic E-state index is 0.846. The van der Waals surface area contributed by atoms with Gasteiger partial charge in [0.15, 0.2) is 0 Å². The van der Waals surface area contributed by atoms with Crippen molar-refractivity contribution >= 4 is 27.0 Å². The van der Waals surface area contributed by atoms with E-state index in [0.717, 1.165) is 38.2 Å². The topological polar surface area (TPSA) is 37.9 Å². The minimum Gasteiger partial charge on any atom is -0.497 e. The number of hydrogen-bond donors (Lipinski definition) is 1. The summed E-state index contributed by atoms with van der Waals surface area (Å²) in [7, 11) is 1.66. The number of aromatic nitrogens is 2. The number of aromatic amines is 1. The molecule has 0 aliphatic rings. The molecule has 19 heavy (non-hydrogen) atoms. The van der Waals surface area contributed by atoms with Crippen LogP contribution in [0.25, 0.3) is 22.4 Å². The SMILES string of the molecule is COc1ccc(-c2nc3c(C)cc(Br)cc3[nH]2)cc1. The van der Waals surface area contributed by atoms with E-state index in [2.05, 4.69) is 38.9 Å². The van der Waals surface area contributed by atoms with E-state index >= 15 is 0 Å². The zero-order valence-electron chi connectivity index (χ0n) is 10.7. The molecule has 96 valence electrons. The van der Waals surface area contributed by atoms with Crippen LogP contribution in [0.2, 0.25) is 0 Å². The Morgan fingerprint density at radius 3 is 2.58 bits per heavy atom. The zero-order valence-corrected chi connectivity index (χ0v) is 12.3. The second-order valence-corrected chi connectivity index (χ2v) is 5.35. The Labute approximate surface area is 119 Å². The highest BCUT2D eigenvalue weighted by molar-refractivity contribution is 9.10. The van der Waals surface area contributed by atoms with Crippen LogP contribution in [0.15, 0.2) is 40.9 Å². The molecule has 0 amide bonds. The fourth-order valence-electron chi connectivity index (χ4n) is 2.13. The van der Waals surface area contributed by atoms with Crippen LogP contribution in [0.1, 0.15) is 5.56 Å². The van der Waals surface area contributed by atoms with E-state index in [4.69, 9.17) is 4.74 Å². The van der Waals surface area contributed by atoms with Gasteiger partial charge in [0.2, 0.25) is 0 Å². The number of benzene rings is 2. The molecule has 0 aliphatic heterocycles. The smallest absolute Gasteiger partial charge is 0.138 e. The number of hydrogen-bond acceptors (Lipinski definition) is 2. The van der Waals surface area contributed by atoms with Crippen molar-refractivity contribution in [1.82, 2.24) is 9.97 Å². The number of H-pyrrole nitrogens is 1. The molecule has 3 aromatic rings. The predicted octanol–water partition coefficient (Wildman–Crippen LogP) is 4.31. The highest BCUT2D eigenvalue weighted by atomic mass is 79.9. The van der Waals surface area contributed by atoms with Gasteiger partial charge >= 0.3 is 0 Å². The van der Waals surface area contributed by atoms with E-state index in [9.17, 15) is 0 Å². The van der Waals surface area contributed by atoms with Crippen molar-refractivity contribution in [1.29, 1.82) is 0 Å². The van der Waals surface area contributed by atoms with E-state index in [-0.39, 0.29) is 0 Å². The van der Waals surface area contributed by atoms with E-state index in [1.165, 1.54) is 0 Å². The van der Waals surface area contributed by atoms with E-state index in [0.29, 0.717) is 0 Å². The fraction of sp³-hybridized carbons (Fsp3) is 0.133. The van der Waals surface area contributed by atoms with E-state index in [1.54, 1.807) is 7.11 Å². The van der Waals surface area contributed by atoms with Gasteiger partial charge in [-0.15, -0.1) is 0 Å². The molecule has 2 aromatic carbocycles. The van der Waals surface area contributed by atoms with Gasteiger partial charge in [0.25, 0.3) is 0 Å². The highest BCUT2D eigenvalue weighted by Gasteiger charge is 2.08. The van der Waals surface area contributed by atoms with E-state index in [1.807, 2.05) is 30.3 Å². The van der Waals surface area contributed by atoms with Crippen LogP contribution < -0.4 is 4.74 Å². The first-order valence-electron chi connectivity index (χ1n) is 5.97. The lowest BCUT2D eigenvalue weighted by Crippen LogP contribution is -1.83. The van der Waals surface area contributed by atoms with Crippen LogP contribution in [0.5, 0.6) is 5.75 Å². The van der Waals surface area contributed by atoms with Crippen LogP contribution in [-0.2, 0) is 0 Å². The van der Waals surface area contributed by atoms with Gasteiger partial charge in [0, 0.05) is 10.0 Å². The third-order valence-electron chi connectivity index (χ3n) is 3.11. The van der Waals surface area contributed by atoms with Crippen molar-refractivity contribution in [2.45, 2.75) is 6.92 Å². The lowest BCUT2D eigenvalue weighted by atomic mass is 10.2. The summed E-state index contributed by atoms with van der Waals surface area (Å²) < 4.78 is 6.22. The van der Waals surface area contributed by atoms with Gasteiger partial charge in [-0.25, -0.2) is 4.98 Å². The predicted molar refractivity (Wildman–Crippen MR) is 80.5 cm³/mol. The molecule has 0 radical (unpaired) electrons. The first-order valence-corrected chi connectivity index (χ1v) is 6.77. The van der Waals surface area contributed by atoms with Crippen molar-refractivity contribution in [2.75, 3.05) is 7.11 Å². The average molecular weight is 317 g/mol. The summed E-state index contributed by atoms with van der Waals surface area (Å²) in [4.78, 5) is 8.01. The lowest BCUT2D eigenvalue weighted by Gasteiger charge is -2.00. The average Bonchev–Trinajstić information content (AvgIpc) is 2.83. The summed E-state index contributed by atoms with van der Waals surface area (Å²) in [6.07, 6.45) is 0. The van der Waals surface area contributed by atoms with Gasteiger partial charge in [0.05, 0.1) is 18.1 Å². The monoisotopic (exact) mass is 316 g/mol. The Bertz CT molecular complexity index is 732. The molecule has 1 aromatic heterocycles. The molecule has 4 heteroatoms. The van der Waals surface area contributed by atoms with Crippen molar-refractivity contribution in [3.05, 3.63) is 46.4 Å². The Balaban J connectivity index is 2.12. The molecule has 0 unspecified atom stereocenters. The maximum absolute atomic E-state index is 5.16. The number of nitrogens with zero attached hydrogens (tertiary/aromatic N) is 1. The third-order valence-corrected chi connectivity index (χ3v) is 3.56. The van der Waals surface area contributed by atoms with Gasteiger partial charge in [-0.3, -0.25) is 0 Å². The normalized spacial score (nSPS) is 10.9. The lowest BCUT2D eigenvalue weighted by molar-refractivity contribution is 0.415. The Kier molecular flexibility index (Phi) is 3.03. The summed E-state index contributed by atoms with van der Waals surface area (Å²) in [5.41, 5.74) is 4.25. The van der Waals surface area contributed by atoms with Gasteiger partial charge in [-0.2, -0.15) is 0 Å². The summed E-state index contributed by atoms with van der Waals surface area (Å²) in [6.45, 7) is 2.06. The maximum Gasteiger partial charge on any atom is 0.138 e. The van der Waals surface area contributed by atoms with Crippen LogP contribution in [0.4, 0.5) is 0 Å². The molecule has 3 rings (SSSR count). The van der Waals surface area contributed by atoms with Crippen molar-refractivity contribution in [2.24, 2.45) is 0 Å². The standard InChI is InChI=1S/C15H13BrN2O/c1-9-7-11(16)8-13-14(9)18-15(17-13)10-3-5-12(19-2)6-4-10/h3-8H,1-2H3,(H,17,18). The Hall–Kier alpha value is -1.81. The molecule has 0 saturated carbocycles. The molecule has 0 atom stereocenters.